The third-order valence-corrected chi connectivity index (χ3v) is 3.72. The van der Waals surface area contributed by atoms with Crippen LogP contribution >= 0.6 is 0 Å². The highest BCUT2D eigenvalue weighted by atomic mass is 16.5. The fourth-order valence-corrected chi connectivity index (χ4v) is 2.54. The van der Waals surface area contributed by atoms with Gasteiger partial charge in [-0.1, -0.05) is 0 Å². The Morgan fingerprint density at radius 1 is 1.29 bits per heavy atom. The monoisotopic (exact) mass is 337 g/mol. The number of hydrogen-bond acceptors (Lipinski definition) is 5. The number of rotatable bonds is 9. The molecule has 0 saturated carbocycles. The van der Waals surface area contributed by atoms with Gasteiger partial charge in [-0.3, -0.25) is 9.59 Å². The van der Waals surface area contributed by atoms with Crippen molar-refractivity contribution in [2.75, 3.05) is 40.0 Å². The van der Waals surface area contributed by atoms with E-state index in [0.29, 0.717) is 31.1 Å². The summed E-state index contributed by atoms with van der Waals surface area (Å²) in [5.41, 5.74) is 0.424. The third kappa shape index (κ3) is 5.50. The molecule has 1 aromatic carbocycles. The van der Waals surface area contributed by atoms with Crippen molar-refractivity contribution < 1.29 is 28.9 Å². The molecule has 1 saturated heterocycles. The second kappa shape index (κ2) is 9.24. The van der Waals surface area contributed by atoms with Crippen LogP contribution in [-0.2, 0) is 14.3 Å². The molecule has 1 N–H and O–H groups in total. The summed E-state index contributed by atoms with van der Waals surface area (Å²) in [6.45, 7) is 1.51. The smallest absolute Gasteiger partial charge is 0.323 e. The minimum atomic E-state index is -1.04. The first kappa shape index (κ1) is 18.2. The number of carboxylic acid groups (broad SMARTS) is 1. The second-order valence-electron chi connectivity index (χ2n) is 5.58. The second-order valence-corrected chi connectivity index (χ2v) is 5.58. The van der Waals surface area contributed by atoms with Crippen LogP contribution in [-0.4, -0.2) is 68.0 Å². The quantitative estimate of drug-likeness (QED) is 0.686. The largest absolute Gasteiger partial charge is 0.491 e. The molecular formula is C17H23NO6. The molecule has 2 rings (SSSR count). The summed E-state index contributed by atoms with van der Waals surface area (Å²) < 4.78 is 15.9. The summed E-state index contributed by atoms with van der Waals surface area (Å²) in [6.07, 6.45) is 1.69. The van der Waals surface area contributed by atoms with Gasteiger partial charge in [0, 0.05) is 25.8 Å². The Kier molecular flexibility index (Phi) is 7.02. The zero-order chi connectivity index (χ0) is 17.4. The fourth-order valence-electron chi connectivity index (χ4n) is 2.54. The van der Waals surface area contributed by atoms with Gasteiger partial charge in [-0.05, 0) is 37.1 Å². The Balaban J connectivity index is 2.00. The SMILES string of the molecule is COCCOc1ccc(C(=O)N(CC(=O)O)C[C@@H]2CCCO2)cc1. The van der Waals surface area contributed by atoms with Crippen LogP contribution in [0.4, 0.5) is 0 Å². The van der Waals surface area contributed by atoms with Crippen molar-refractivity contribution in [1.82, 2.24) is 4.90 Å². The van der Waals surface area contributed by atoms with E-state index in [4.69, 9.17) is 19.3 Å². The number of methoxy groups -OCH3 is 1. The van der Waals surface area contributed by atoms with Gasteiger partial charge < -0.3 is 24.2 Å². The first-order valence-electron chi connectivity index (χ1n) is 7.94. The Hall–Kier alpha value is -2.12. The van der Waals surface area contributed by atoms with E-state index in [0.717, 1.165) is 12.8 Å². The number of hydrogen-bond donors (Lipinski definition) is 1. The lowest BCUT2D eigenvalue weighted by molar-refractivity contribution is -0.138. The number of benzene rings is 1. The van der Waals surface area contributed by atoms with E-state index in [1.165, 1.54) is 4.90 Å². The molecule has 1 aromatic rings. The number of amides is 1. The molecule has 1 amide bonds. The molecule has 132 valence electrons. The van der Waals surface area contributed by atoms with Crippen LogP contribution < -0.4 is 4.74 Å². The van der Waals surface area contributed by atoms with Crippen LogP contribution in [0.3, 0.4) is 0 Å². The molecule has 1 heterocycles. The Labute approximate surface area is 141 Å². The van der Waals surface area contributed by atoms with E-state index in [9.17, 15) is 9.59 Å². The molecule has 0 bridgehead atoms. The highest BCUT2D eigenvalue weighted by Crippen LogP contribution is 2.17. The van der Waals surface area contributed by atoms with E-state index in [2.05, 4.69) is 0 Å². The summed E-state index contributed by atoms with van der Waals surface area (Å²) >= 11 is 0. The Morgan fingerprint density at radius 3 is 2.62 bits per heavy atom. The molecule has 24 heavy (non-hydrogen) atoms. The van der Waals surface area contributed by atoms with Gasteiger partial charge in [0.2, 0.25) is 0 Å². The average Bonchev–Trinajstić information content (AvgIpc) is 3.07. The number of carboxylic acids is 1. The molecule has 1 aliphatic rings. The predicted molar refractivity (Wildman–Crippen MR) is 86.3 cm³/mol. The fraction of sp³-hybridized carbons (Fsp3) is 0.529. The maximum Gasteiger partial charge on any atom is 0.323 e. The Morgan fingerprint density at radius 2 is 2.04 bits per heavy atom. The zero-order valence-electron chi connectivity index (χ0n) is 13.8. The number of carbonyl (C=O) groups is 2. The van der Waals surface area contributed by atoms with E-state index in [1.54, 1.807) is 31.4 Å². The van der Waals surface area contributed by atoms with Crippen LogP contribution in [0.15, 0.2) is 24.3 Å². The van der Waals surface area contributed by atoms with Crippen molar-refractivity contribution in [3.05, 3.63) is 29.8 Å². The third-order valence-electron chi connectivity index (χ3n) is 3.72. The average molecular weight is 337 g/mol. The molecule has 0 radical (unpaired) electrons. The van der Waals surface area contributed by atoms with Gasteiger partial charge in [0.1, 0.15) is 18.9 Å². The lowest BCUT2D eigenvalue weighted by atomic mass is 10.1. The van der Waals surface area contributed by atoms with Gasteiger partial charge in [0.05, 0.1) is 12.7 Å². The Bertz CT molecular complexity index is 539. The highest BCUT2D eigenvalue weighted by molar-refractivity contribution is 5.96. The van der Waals surface area contributed by atoms with Crippen molar-refractivity contribution >= 4 is 11.9 Å². The van der Waals surface area contributed by atoms with Gasteiger partial charge in [0.15, 0.2) is 0 Å². The predicted octanol–water partition coefficient (Wildman–Crippen LogP) is 1.42. The van der Waals surface area contributed by atoms with E-state index in [1.807, 2.05) is 0 Å². The number of ether oxygens (including phenoxy) is 3. The lowest BCUT2D eigenvalue weighted by Crippen LogP contribution is -2.40. The maximum atomic E-state index is 12.6. The lowest BCUT2D eigenvalue weighted by Gasteiger charge is -2.24. The summed E-state index contributed by atoms with van der Waals surface area (Å²) in [5, 5.41) is 9.05. The van der Waals surface area contributed by atoms with E-state index < -0.39 is 5.97 Å². The number of carbonyl (C=O) groups excluding carboxylic acids is 1. The maximum absolute atomic E-state index is 12.6. The molecule has 7 heteroatoms. The van der Waals surface area contributed by atoms with Crippen LogP contribution in [0.1, 0.15) is 23.2 Å². The van der Waals surface area contributed by atoms with Crippen molar-refractivity contribution in [2.24, 2.45) is 0 Å². The summed E-state index contributed by atoms with van der Waals surface area (Å²) in [7, 11) is 1.59. The number of nitrogens with zero attached hydrogens (tertiary/aromatic N) is 1. The van der Waals surface area contributed by atoms with Crippen molar-refractivity contribution in [3.8, 4) is 5.75 Å². The topological polar surface area (TPSA) is 85.3 Å². The van der Waals surface area contributed by atoms with Gasteiger partial charge >= 0.3 is 5.97 Å². The summed E-state index contributed by atoms with van der Waals surface area (Å²) in [4.78, 5) is 25.0. The van der Waals surface area contributed by atoms with Crippen molar-refractivity contribution in [3.63, 3.8) is 0 Å². The molecule has 0 aromatic heterocycles. The summed E-state index contributed by atoms with van der Waals surface area (Å²) in [5.74, 6) is -0.732. The molecule has 0 spiro atoms. The van der Waals surface area contributed by atoms with Gasteiger partial charge in [-0.15, -0.1) is 0 Å². The number of aliphatic carboxylic acids is 1. The molecule has 0 unspecified atom stereocenters. The highest BCUT2D eigenvalue weighted by Gasteiger charge is 2.25. The standard InChI is InChI=1S/C17H23NO6/c1-22-9-10-24-14-6-4-13(5-7-14)17(21)18(12-16(19)20)11-15-3-2-8-23-15/h4-7,15H,2-3,8-12H2,1H3,(H,19,20)/t15-/m0/s1. The minimum absolute atomic E-state index is 0.0926. The molecule has 1 fully saturated rings. The van der Waals surface area contributed by atoms with E-state index in [-0.39, 0.29) is 25.1 Å². The zero-order valence-corrected chi connectivity index (χ0v) is 13.8. The van der Waals surface area contributed by atoms with Crippen LogP contribution in [0.25, 0.3) is 0 Å². The van der Waals surface area contributed by atoms with E-state index >= 15 is 0 Å². The molecule has 1 atom stereocenters. The van der Waals surface area contributed by atoms with Gasteiger partial charge in [-0.25, -0.2) is 0 Å². The van der Waals surface area contributed by atoms with Gasteiger partial charge in [-0.2, -0.15) is 0 Å². The normalized spacial score (nSPS) is 16.8. The molecule has 0 aliphatic carbocycles. The summed E-state index contributed by atoms with van der Waals surface area (Å²) in [6, 6.07) is 6.64. The first-order valence-corrected chi connectivity index (χ1v) is 7.94. The molecule has 7 nitrogen and oxygen atoms in total. The molecule has 1 aliphatic heterocycles. The first-order chi connectivity index (χ1) is 11.6. The van der Waals surface area contributed by atoms with Crippen molar-refractivity contribution in [2.45, 2.75) is 18.9 Å². The van der Waals surface area contributed by atoms with Gasteiger partial charge in [0.25, 0.3) is 5.91 Å². The van der Waals surface area contributed by atoms with Crippen molar-refractivity contribution in [1.29, 1.82) is 0 Å². The minimum Gasteiger partial charge on any atom is -0.491 e. The van der Waals surface area contributed by atoms with Crippen LogP contribution in [0.5, 0.6) is 5.75 Å². The van der Waals surface area contributed by atoms with Crippen LogP contribution in [0, 0.1) is 0 Å². The molecular weight excluding hydrogens is 314 g/mol. The van der Waals surface area contributed by atoms with Crippen LogP contribution in [0.2, 0.25) is 0 Å².